The number of nitrogens with one attached hydrogen (secondary N) is 1. The summed E-state index contributed by atoms with van der Waals surface area (Å²) in [4.78, 5) is 14.3. The van der Waals surface area contributed by atoms with E-state index in [0.717, 1.165) is 29.7 Å². The van der Waals surface area contributed by atoms with Crippen LogP contribution in [0, 0.1) is 0 Å². The second kappa shape index (κ2) is 4.98. The van der Waals surface area contributed by atoms with Gasteiger partial charge >= 0.3 is 0 Å². The van der Waals surface area contributed by atoms with Crippen molar-refractivity contribution in [3.05, 3.63) is 29.3 Å². The normalized spacial score (nSPS) is 21.9. The van der Waals surface area contributed by atoms with Gasteiger partial charge in [0.2, 0.25) is 5.91 Å². The van der Waals surface area contributed by atoms with Gasteiger partial charge in [0.25, 0.3) is 0 Å². The molecular weight excluding hydrogens is 296 g/mol. The lowest BCUT2D eigenvalue weighted by Gasteiger charge is -2.27. The zero-order valence-electron chi connectivity index (χ0n) is 13.9. The molecule has 0 bridgehead atoms. The Kier molecular flexibility index (Phi) is 3.59. The maximum absolute atomic E-state index is 12.5. The Labute approximate surface area is 135 Å². The van der Waals surface area contributed by atoms with Gasteiger partial charge in [-0.3, -0.25) is 4.79 Å². The molecule has 2 atom stereocenters. The van der Waals surface area contributed by atoms with Crippen molar-refractivity contribution in [1.82, 2.24) is 4.72 Å². The van der Waals surface area contributed by atoms with Gasteiger partial charge in [0.15, 0.2) is 0 Å². The summed E-state index contributed by atoms with van der Waals surface area (Å²) >= 11 is -1.13. The number of carbonyl (C=O) groups excluding carboxylic acids is 1. The molecule has 1 N–H and O–H groups in total. The largest absolute Gasteiger partial charge is 0.598 e. The highest BCUT2D eigenvalue weighted by molar-refractivity contribution is 7.90. The molecule has 1 amide bonds. The Morgan fingerprint density at radius 1 is 1.36 bits per heavy atom. The topological polar surface area (TPSA) is 55.4 Å². The van der Waals surface area contributed by atoms with Crippen LogP contribution in [0.4, 0.5) is 5.69 Å². The van der Waals surface area contributed by atoms with E-state index in [4.69, 9.17) is 0 Å². The summed E-state index contributed by atoms with van der Waals surface area (Å²) < 4.78 is 15.3. The van der Waals surface area contributed by atoms with Crippen molar-refractivity contribution in [2.24, 2.45) is 0 Å². The summed E-state index contributed by atoms with van der Waals surface area (Å²) in [5, 5.41) is 0. The molecule has 0 saturated heterocycles. The van der Waals surface area contributed by atoms with E-state index in [2.05, 4.69) is 10.8 Å². The number of rotatable bonds is 3. The monoisotopic (exact) mass is 320 g/mol. The van der Waals surface area contributed by atoms with Crippen LogP contribution in [0.1, 0.15) is 57.7 Å². The first kappa shape index (κ1) is 15.8. The van der Waals surface area contributed by atoms with E-state index in [0.29, 0.717) is 0 Å². The molecule has 1 spiro atoms. The second-order valence-electron chi connectivity index (χ2n) is 7.41. The predicted octanol–water partition coefficient (Wildman–Crippen LogP) is 2.81. The predicted molar refractivity (Wildman–Crippen MR) is 90.2 cm³/mol. The molecule has 1 saturated carbocycles. The number of hydrogen-bond acceptors (Lipinski definition) is 3. The lowest BCUT2D eigenvalue weighted by molar-refractivity contribution is -0.119. The second-order valence-corrected chi connectivity index (χ2v) is 9.41. The van der Waals surface area contributed by atoms with Gasteiger partial charge in [0.05, 0.1) is 11.5 Å². The van der Waals surface area contributed by atoms with Crippen LogP contribution in [0.15, 0.2) is 18.2 Å². The molecule has 22 heavy (non-hydrogen) atoms. The van der Waals surface area contributed by atoms with Gasteiger partial charge in [0, 0.05) is 24.1 Å². The summed E-state index contributed by atoms with van der Waals surface area (Å²) in [6.45, 7) is 7.89. The highest BCUT2D eigenvalue weighted by Gasteiger charge is 2.59. The van der Waals surface area contributed by atoms with Gasteiger partial charge in [-0.25, -0.2) is 0 Å². The van der Waals surface area contributed by atoms with Crippen molar-refractivity contribution < 1.29 is 9.35 Å². The van der Waals surface area contributed by atoms with Crippen molar-refractivity contribution in [2.75, 3.05) is 11.9 Å². The van der Waals surface area contributed by atoms with E-state index in [1.54, 1.807) is 4.90 Å². The molecule has 0 radical (unpaired) electrons. The molecule has 0 aromatic heterocycles. The third kappa shape index (κ3) is 2.27. The molecule has 5 heteroatoms. The number of carbonyl (C=O) groups is 1. The molecule has 0 unspecified atom stereocenters. The number of benzene rings is 1. The van der Waals surface area contributed by atoms with Gasteiger partial charge in [-0.2, -0.15) is 0 Å². The maximum Gasteiger partial charge on any atom is 0.237 e. The lowest BCUT2D eigenvalue weighted by atomic mass is 9.90. The minimum absolute atomic E-state index is 0.0493. The SMILES string of the molecule is C[C@@H](N[S@+]([O-])C(C)(C)C)c1cccc2c1C1(CC1)C(=O)N2C. The number of anilines is 1. The molecule has 4 nitrogen and oxygen atoms in total. The van der Waals surface area contributed by atoms with Crippen LogP contribution in [0.25, 0.3) is 0 Å². The molecule has 1 aliphatic heterocycles. The summed E-state index contributed by atoms with van der Waals surface area (Å²) in [7, 11) is 1.85. The molecule has 1 aromatic carbocycles. The van der Waals surface area contributed by atoms with Crippen LogP contribution in [0.2, 0.25) is 0 Å². The van der Waals surface area contributed by atoms with Crippen LogP contribution in [0.5, 0.6) is 0 Å². The number of fused-ring (bicyclic) bond motifs is 2. The fraction of sp³-hybridized carbons (Fsp3) is 0.588. The fourth-order valence-corrected chi connectivity index (χ4v) is 4.05. The minimum atomic E-state index is -1.13. The quantitative estimate of drug-likeness (QED) is 0.871. The summed E-state index contributed by atoms with van der Waals surface area (Å²) in [6, 6.07) is 6.00. The van der Waals surface area contributed by atoms with Crippen molar-refractivity contribution in [3.63, 3.8) is 0 Å². The molecule has 3 rings (SSSR count). The van der Waals surface area contributed by atoms with Crippen LogP contribution < -0.4 is 9.62 Å². The zero-order chi connectivity index (χ0) is 16.3. The van der Waals surface area contributed by atoms with E-state index >= 15 is 0 Å². The van der Waals surface area contributed by atoms with Crippen LogP contribution in [-0.4, -0.2) is 22.3 Å². The van der Waals surface area contributed by atoms with Gasteiger partial charge in [-0.1, -0.05) is 12.1 Å². The van der Waals surface area contributed by atoms with Gasteiger partial charge < -0.3 is 9.45 Å². The Morgan fingerprint density at radius 3 is 2.55 bits per heavy atom. The minimum Gasteiger partial charge on any atom is -0.598 e. The molecule has 2 aliphatic rings. The number of likely N-dealkylation sites (N-methyl/N-ethyl adjacent to an activating group) is 1. The average molecular weight is 320 g/mol. The fourth-order valence-electron chi connectivity index (χ4n) is 3.25. The van der Waals surface area contributed by atoms with Gasteiger partial charge in [-0.15, -0.1) is 4.72 Å². The third-order valence-corrected chi connectivity index (χ3v) is 6.37. The highest BCUT2D eigenvalue weighted by Crippen LogP contribution is 2.58. The van der Waals surface area contributed by atoms with Crippen molar-refractivity contribution in [1.29, 1.82) is 0 Å². The Hall–Kier alpha value is -1.04. The molecule has 1 heterocycles. The standard InChI is InChI=1S/C17H24N2O2S/c1-11(18-22(21)16(2,3)4)12-7-6-8-13-14(12)17(9-10-17)15(20)19(13)5/h6-8,11,18H,9-10H2,1-5H3/t11-,22-/m1/s1. The maximum atomic E-state index is 12.5. The Morgan fingerprint density at radius 2 is 2.00 bits per heavy atom. The third-order valence-electron chi connectivity index (χ3n) is 4.69. The molecule has 120 valence electrons. The molecular formula is C17H24N2O2S. The van der Waals surface area contributed by atoms with Crippen LogP contribution in [-0.2, 0) is 21.6 Å². The molecule has 1 aromatic rings. The first-order chi connectivity index (χ1) is 10.2. The number of hydrogen-bond donors (Lipinski definition) is 1. The van der Waals surface area contributed by atoms with Crippen LogP contribution >= 0.6 is 0 Å². The smallest absolute Gasteiger partial charge is 0.237 e. The van der Waals surface area contributed by atoms with Gasteiger partial charge in [0.1, 0.15) is 4.75 Å². The lowest BCUT2D eigenvalue weighted by Crippen LogP contribution is -2.40. The highest BCUT2D eigenvalue weighted by atomic mass is 32.2. The van der Waals surface area contributed by atoms with Crippen molar-refractivity contribution in [2.45, 2.75) is 56.7 Å². The summed E-state index contributed by atoms with van der Waals surface area (Å²) in [5.74, 6) is 0.207. The first-order valence-corrected chi connectivity index (χ1v) is 8.93. The van der Waals surface area contributed by atoms with E-state index in [-0.39, 0.29) is 22.1 Å². The first-order valence-electron chi connectivity index (χ1n) is 7.78. The number of amides is 1. The van der Waals surface area contributed by atoms with E-state index < -0.39 is 11.4 Å². The Balaban J connectivity index is 1.96. The number of nitrogens with zero attached hydrogens (tertiary/aromatic N) is 1. The van der Waals surface area contributed by atoms with E-state index in [9.17, 15) is 9.35 Å². The Bertz CT molecular complexity index is 620. The molecule has 1 aliphatic carbocycles. The summed E-state index contributed by atoms with van der Waals surface area (Å²) in [5.41, 5.74) is 2.95. The molecule has 1 fully saturated rings. The van der Waals surface area contributed by atoms with Crippen LogP contribution in [0.3, 0.4) is 0 Å². The zero-order valence-corrected chi connectivity index (χ0v) is 14.7. The van der Waals surface area contributed by atoms with Crippen molar-refractivity contribution in [3.8, 4) is 0 Å². The van der Waals surface area contributed by atoms with Gasteiger partial charge in [-0.05, 0) is 57.7 Å². The average Bonchev–Trinajstić information content (AvgIpc) is 3.21. The van der Waals surface area contributed by atoms with Crippen molar-refractivity contribution >= 4 is 23.0 Å². The summed E-state index contributed by atoms with van der Waals surface area (Å²) in [6.07, 6.45) is 1.85. The van der Waals surface area contributed by atoms with E-state index in [1.807, 2.05) is 46.9 Å². The van der Waals surface area contributed by atoms with E-state index in [1.165, 1.54) is 0 Å².